The lowest BCUT2D eigenvalue weighted by molar-refractivity contribution is 0.712. The molecule has 0 aliphatic heterocycles. The predicted molar refractivity (Wildman–Crippen MR) is 101 cm³/mol. The van der Waals surface area contributed by atoms with Gasteiger partial charge in [0, 0.05) is 0 Å². The third-order valence-corrected chi connectivity index (χ3v) is 3.84. The van der Waals surface area contributed by atoms with Crippen molar-refractivity contribution in [3.8, 4) is 0 Å². The van der Waals surface area contributed by atoms with E-state index in [1.807, 2.05) is 30.3 Å². The number of nitrogens with one attached hydrogen (secondary N) is 1. The van der Waals surface area contributed by atoms with Gasteiger partial charge in [0.2, 0.25) is 4.77 Å². The second kappa shape index (κ2) is 9.08. The molecule has 2 rings (SSSR count). The molecule has 0 amide bonds. The molecule has 126 valence electrons. The van der Waals surface area contributed by atoms with Crippen LogP contribution in [0.4, 0.5) is 0 Å². The van der Waals surface area contributed by atoms with Crippen LogP contribution in [0.25, 0.3) is 6.08 Å². The summed E-state index contributed by atoms with van der Waals surface area (Å²) in [6, 6.07) is 10.1. The fourth-order valence-electron chi connectivity index (χ4n) is 2.23. The fraction of sp³-hybridized carbons (Fsp3) is 0.333. The lowest BCUT2D eigenvalue weighted by Crippen LogP contribution is -2.22. The summed E-state index contributed by atoms with van der Waals surface area (Å²) >= 11 is 5.10. The Morgan fingerprint density at radius 3 is 2.79 bits per heavy atom. The van der Waals surface area contributed by atoms with Gasteiger partial charge < -0.3 is 0 Å². The van der Waals surface area contributed by atoms with Crippen LogP contribution in [0.5, 0.6) is 0 Å². The van der Waals surface area contributed by atoms with E-state index in [0.29, 0.717) is 5.69 Å². The molecule has 0 bridgehead atoms. The minimum Gasteiger partial charge on any atom is -0.265 e. The molecule has 1 aromatic carbocycles. The maximum Gasteiger partial charge on any atom is 0.296 e. The summed E-state index contributed by atoms with van der Waals surface area (Å²) in [5.41, 5.74) is 2.20. The van der Waals surface area contributed by atoms with Crippen LogP contribution in [0.3, 0.4) is 0 Å². The van der Waals surface area contributed by atoms with E-state index in [1.54, 1.807) is 13.1 Å². The van der Waals surface area contributed by atoms with E-state index < -0.39 is 0 Å². The van der Waals surface area contributed by atoms with Crippen molar-refractivity contribution in [2.45, 2.75) is 39.5 Å². The van der Waals surface area contributed by atoms with Crippen molar-refractivity contribution in [1.29, 1.82) is 0 Å². The monoisotopic (exact) mass is 342 g/mol. The largest absolute Gasteiger partial charge is 0.296 e. The Bertz CT molecular complexity index is 834. The van der Waals surface area contributed by atoms with Gasteiger partial charge in [0.15, 0.2) is 0 Å². The number of allylic oxidation sites excluding steroid dienone is 1. The predicted octanol–water partition coefficient (Wildman–Crippen LogP) is 4.11. The number of hydrogen-bond acceptors (Lipinski definition) is 4. The highest BCUT2D eigenvalue weighted by Crippen LogP contribution is 2.12. The Hall–Kier alpha value is -2.34. The van der Waals surface area contributed by atoms with Crippen molar-refractivity contribution in [2.75, 3.05) is 0 Å². The van der Waals surface area contributed by atoms with Crippen LogP contribution >= 0.6 is 12.2 Å². The van der Waals surface area contributed by atoms with Crippen LogP contribution in [-0.4, -0.2) is 21.1 Å². The third-order valence-electron chi connectivity index (χ3n) is 3.57. The molecule has 0 spiro atoms. The van der Waals surface area contributed by atoms with Gasteiger partial charge in [-0.2, -0.15) is 14.9 Å². The van der Waals surface area contributed by atoms with Crippen LogP contribution < -0.4 is 5.56 Å². The Morgan fingerprint density at radius 2 is 2.08 bits per heavy atom. The van der Waals surface area contributed by atoms with Crippen molar-refractivity contribution in [2.24, 2.45) is 5.10 Å². The van der Waals surface area contributed by atoms with E-state index in [4.69, 9.17) is 12.2 Å². The number of aromatic nitrogens is 3. The third kappa shape index (κ3) is 5.09. The first-order chi connectivity index (χ1) is 11.6. The van der Waals surface area contributed by atoms with Crippen molar-refractivity contribution >= 4 is 24.5 Å². The molecule has 0 aliphatic rings. The maximum absolute atomic E-state index is 12.1. The molecule has 1 aromatic heterocycles. The quantitative estimate of drug-likeness (QED) is 0.468. The number of benzene rings is 1. The molecule has 0 unspecified atom stereocenters. The molecule has 1 N–H and O–H groups in total. The van der Waals surface area contributed by atoms with Gasteiger partial charge in [-0.1, -0.05) is 56.2 Å². The Labute approximate surface area is 146 Å². The highest BCUT2D eigenvalue weighted by atomic mass is 32.1. The van der Waals surface area contributed by atoms with E-state index in [9.17, 15) is 4.79 Å². The normalized spacial score (nSPS) is 12.0. The summed E-state index contributed by atoms with van der Waals surface area (Å²) in [4.78, 5) is 12.1. The summed E-state index contributed by atoms with van der Waals surface area (Å²) in [7, 11) is 0. The lowest BCUT2D eigenvalue weighted by Gasteiger charge is -2.03. The second-order valence-electron chi connectivity index (χ2n) is 5.56. The minimum absolute atomic E-state index is 0.189. The standard InChI is InChI=1S/C18H22N4OS/c1-3-4-6-11-16(12-15-9-7-5-8-10-15)13-19-22-17(23)14(2)20-21-18(22)24/h5,7-10,12-13H,3-4,6,11H2,1-2H3,(H,21,24)/b16-12+,19-13-. The van der Waals surface area contributed by atoms with Crippen molar-refractivity contribution in [1.82, 2.24) is 14.9 Å². The number of hydrogen-bond donors (Lipinski definition) is 1. The number of unbranched alkanes of at least 4 members (excludes halogenated alkanes) is 2. The van der Waals surface area contributed by atoms with Gasteiger partial charge in [-0.25, -0.2) is 0 Å². The van der Waals surface area contributed by atoms with Gasteiger partial charge in [-0.3, -0.25) is 9.89 Å². The second-order valence-corrected chi connectivity index (χ2v) is 5.95. The van der Waals surface area contributed by atoms with Crippen LogP contribution in [-0.2, 0) is 0 Å². The summed E-state index contributed by atoms with van der Waals surface area (Å²) < 4.78 is 1.37. The highest BCUT2D eigenvalue weighted by molar-refractivity contribution is 7.71. The molecule has 0 radical (unpaired) electrons. The molecule has 0 saturated carbocycles. The fourth-order valence-corrected chi connectivity index (χ4v) is 2.40. The molecular formula is C18H22N4OS. The van der Waals surface area contributed by atoms with E-state index >= 15 is 0 Å². The van der Waals surface area contributed by atoms with Crippen molar-refractivity contribution < 1.29 is 0 Å². The molecule has 2 aromatic rings. The number of rotatable bonds is 7. The van der Waals surface area contributed by atoms with Gasteiger partial charge in [0.1, 0.15) is 5.69 Å². The summed E-state index contributed by atoms with van der Waals surface area (Å²) in [5.74, 6) is 0. The topological polar surface area (TPSA) is 63.0 Å². The molecule has 1 heterocycles. The first-order valence-corrected chi connectivity index (χ1v) is 8.51. The van der Waals surface area contributed by atoms with Gasteiger partial charge in [-0.05, 0) is 43.1 Å². The Kier molecular flexibility index (Phi) is 6.81. The SMILES string of the molecule is CCCCCC(/C=N\n1c(=S)[nH]nc(C)c1=O)=C\c1ccccc1. The first kappa shape index (κ1) is 18.0. The molecule has 6 heteroatoms. The van der Waals surface area contributed by atoms with Crippen LogP contribution in [0.1, 0.15) is 43.9 Å². The average Bonchev–Trinajstić information content (AvgIpc) is 2.59. The first-order valence-electron chi connectivity index (χ1n) is 8.10. The van der Waals surface area contributed by atoms with Crippen molar-refractivity contribution in [3.63, 3.8) is 0 Å². The molecule has 0 saturated heterocycles. The van der Waals surface area contributed by atoms with E-state index in [-0.39, 0.29) is 10.3 Å². The smallest absolute Gasteiger partial charge is 0.265 e. The van der Waals surface area contributed by atoms with Gasteiger partial charge in [0.25, 0.3) is 5.56 Å². The minimum atomic E-state index is -0.303. The highest BCUT2D eigenvalue weighted by Gasteiger charge is 2.02. The molecule has 0 fully saturated rings. The van der Waals surface area contributed by atoms with Crippen LogP contribution in [0.2, 0.25) is 0 Å². The van der Waals surface area contributed by atoms with E-state index in [1.165, 1.54) is 4.68 Å². The van der Waals surface area contributed by atoms with Crippen LogP contribution in [0.15, 0.2) is 45.8 Å². The van der Waals surface area contributed by atoms with Gasteiger partial charge in [-0.15, -0.1) is 0 Å². The number of aromatic amines is 1. The van der Waals surface area contributed by atoms with Gasteiger partial charge in [0.05, 0.1) is 6.21 Å². The molecule has 0 atom stereocenters. The zero-order valence-corrected chi connectivity index (χ0v) is 14.8. The van der Waals surface area contributed by atoms with E-state index in [0.717, 1.165) is 36.8 Å². The Morgan fingerprint density at radius 1 is 1.33 bits per heavy atom. The number of aryl methyl sites for hydroxylation is 1. The van der Waals surface area contributed by atoms with Crippen LogP contribution in [0, 0.1) is 11.7 Å². The van der Waals surface area contributed by atoms with Crippen molar-refractivity contribution in [3.05, 3.63) is 62.3 Å². The lowest BCUT2D eigenvalue weighted by atomic mass is 10.1. The van der Waals surface area contributed by atoms with Gasteiger partial charge >= 0.3 is 0 Å². The molecule has 24 heavy (non-hydrogen) atoms. The molecule has 5 nitrogen and oxygen atoms in total. The summed E-state index contributed by atoms with van der Waals surface area (Å²) in [6.07, 6.45) is 8.11. The Balaban J connectivity index is 2.31. The zero-order chi connectivity index (χ0) is 17.4. The average molecular weight is 342 g/mol. The summed E-state index contributed by atoms with van der Waals surface area (Å²) in [6.45, 7) is 3.80. The van der Waals surface area contributed by atoms with E-state index in [2.05, 4.69) is 28.3 Å². The zero-order valence-electron chi connectivity index (χ0n) is 14.0. The molecule has 0 aliphatic carbocycles. The molecular weight excluding hydrogens is 320 g/mol. The summed E-state index contributed by atoms with van der Waals surface area (Å²) in [5, 5.41) is 10.7. The number of H-pyrrole nitrogens is 1. The number of nitrogens with zero attached hydrogens (tertiary/aromatic N) is 3. The maximum atomic E-state index is 12.1.